The first-order valence-electron chi connectivity index (χ1n) is 6.30. The second-order valence-corrected chi connectivity index (χ2v) is 5.12. The fraction of sp³-hybridized carbons (Fsp3) is 0.250. The van der Waals surface area contributed by atoms with Crippen LogP contribution in [0.15, 0.2) is 36.4 Å². The molecule has 0 atom stereocenters. The third-order valence-electron chi connectivity index (χ3n) is 3.45. The predicted octanol–water partition coefficient (Wildman–Crippen LogP) is 3.95. The van der Waals surface area contributed by atoms with Crippen LogP contribution in [0.25, 0.3) is 11.1 Å². The first kappa shape index (κ1) is 11.1. The van der Waals surface area contributed by atoms with Crippen LogP contribution in [0.4, 0.5) is 5.69 Å². The topological polar surface area (TPSA) is 35.2 Å². The second-order valence-electron chi connectivity index (χ2n) is 5.12. The summed E-state index contributed by atoms with van der Waals surface area (Å²) in [7, 11) is 0. The molecule has 2 N–H and O–H groups in total. The first-order valence-corrected chi connectivity index (χ1v) is 6.30. The molecule has 0 unspecified atom stereocenters. The van der Waals surface area contributed by atoms with Gasteiger partial charge < -0.3 is 10.5 Å². The van der Waals surface area contributed by atoms with Crippen molar-refractivity contribution in [2.75, 3.05) is 5.73 Å². The van der Waals surface area contributed by atoms with Gasteiger partial charge in [-0.3, -0.25) is 0 Å². The van der Waals surface area contributed by atoms with Crippen molar-refractivity contribution in [2.24, 2.45) is 0 Å². The van der Waals surface area contributed by atoms with E-state index < -0.39 is 0 Å². The summed E-state index contributed by atoms with van der Waals surface area (Å²) < 4.78 is 5.54. The fourth-order valence-corrected chi connectivity index (χ4v) is 2.32. The van der Waals surface area contributed by atoms with E-state index in [9.17, 15) is 0 Å². The van der Waals surface area contributed by atoms with Crippen LogP contribution < -0.4 is 10.5 Å². The third kappa shape index (κ3) is 1.74. The number of anilines is 1. The van der Waals surface area contributed by atoms with Crippen LogP contribution in [0, 0.1) is 0 Å². The number of fused-ring (bicyclic) bond motifs is 1. The normalized spacial score (nSPS) is 12.8. The average molecular weight is 239 g/mol. The van der Waals surface area contributed by atoms with Gasteiger partial charge in [-0.05, 0) is 29.2 Å². The molecule has 0 aliphatic carbocycles. The van der Waals surface area contributed by atoms with E-state index in [0.29, 0.717) is 12.5 Å². The summed E-state index contributed by atoms with van der Waals surface area (Å²) in [5.41, 5.74) is 11.6. The zero-order valence-corrected chi connectivity index (χ0v) is 10.7. The van der Waals surface area contributed by atoms with Crippen LogP contribution in [-0.4, -0.2) is 0 Å². The second kappa shape index (κ2) is 4.05. The summed E-state index contributed by atoms with van der Waals surface area (Å²) in [6.07, 6.45) is 0. The van der Waals surface area contributed by atoms with E-state index in [0.717, 1.165) is 17.0 Å². The molecule has 0 aromatic heterocycles. The Morgan fingerprint density at radius 2 is 1.83 bits per heavy atom. The number of ether oxygens (including phenoxy) is 1. The number of nitrogen functional groups attached to an aromatic ring is 1. The van der Waals surface area contributed by atoms with Crippen LogP contribution in [0.5, 0.6) is 5.75 Å². The van der Waals surface area contributed by atoms with Crippen molar-refractivity contribution in [1.29, 1.82) is 0 Å². The highest BCUT2D eigenvalue weighted by molar-refractivity contribution is 5.77. The molecule has 0 saturated heterocycles. The van der Waals surface area contributed by atoms with Crippen molar-refractivity contribution in [1.82, 2.24) is 0 Å². The van der Waals surface area contributed by atoms with Crippen molar-refractivity contribution in [2.45, 2.75) is 26.4 Å². The maximum absolute atomic E-state index is 5.92. The van der Waals surface area contributed by atoms with Gasteiger partial charge in [0.2, 0.25) is 0 Å². The van der Waals surface area contributed by atoms with Crippen molar-refractivity contribution in [3.63, 3.8) is 0 Å². The molecule has 92 valence electrons. The van der Waals surface area contributed by atoms with Gasteiger partial charge >= 0.3 is 0 Å². The maximum atomic E-state index is 5.92. The Labute approximate surface area is 107 Å². The van der Waals surface area contributed by atoms with Crippen molar-refractivity contribution < 1.29 is 4.74 Å². The fourth-order valence-electron chi connectivity index (χ4n) is 2.32. The first-order chi connectivity index (χ1) is 8.65. The molecule has 2 aromatic rings. The number of rotatable bonds is 2. The molecular weight excluding hydrogens is 222 g/mol. The molecule has 0 saturated carbocycles. The molecular formula is C16H17NO. The monoisotopic (exact) mass is 239 g/mol. The molecule has 2 nitrogen and oxygen atoms in total. The van der Waals surface area contributed by atoms with E-state index in [1.54, 1.807) is 0 Å². The highest BCUT2D eigenvalue weighted by Crippen LogP contribution is 2.41. The lowest BCUT2D eigenvalue weighted by Gasteiger charge is -2.24. The molecule has 3 rings (SSSR count). The number of hydrogen-bond acceptors (Lipinski definition) is 2. The highest BCUT2D eigenvalue weighted by atomic mass is 16.5. The molecule has 1 aliphatic heterocycles. The lowest BCUT2D eigenvalue weighted by molar-refractivity contribution is 0.245. The van der Waals surface area contributed by atoms with Crippen molar-refractivity contribution in [3.8, 4) is 16.9 Å². The minimum atomic E-state index is 0.555. The standard InChI is InChI=1S/C16H17NO/c1-10(2)11-3-5-12(6-4-11)15-8-14(17)7-13-9-18-16(13)15/h3-8,10H,9,17H2,1-2H3. The smallest absolute Gasteiger partial charge is 0.134 e. The van der Waals surface area contributed by atoms with Gasteiger partial charge in [0, 0.05) is 16.8 Å². The van der Waals surface area contributed by atoms with E-state index in [4.69, 9.17) is 10.5 Å². The summed E-state index contributed by atoms with van der Waals surface area (Å²) in [5, 5.41) is 0. The Morgan fingerprint density at radius 1 is 1.11 bits per heavy atom. The van der Waals surface area contributed by atoms with Crippen LogP contribution >= 0.6 is 0 Å². The lowest BCUT2D eigenvalue weighted by atomic mass is 9.95. The predicted molar refractivity (Wildman–Crippen MR) is 74.7 cm³/mol. The number of benzene rings is 2. The summed E-state index contributed by atoms with van der Waals surface area (Å²) in [6, 6.07) is 12.6. The minimum absolute atomic E-state index is 0.555. The third-order valence-corrected chi connectivity index (χ3v) is 3.45. The van der Waals surface area contributed by atoms with Crippen molar-refractivity contribution in [3.05, 3.63) is 47.5 Å². The Morgan fingerprint density at radius 3 is 2.39 bits per heavy atom. The summed E-state index contributed by atoms with van der Waals surface area (Å²) in [4.78, 5) is 0. The van der Waals surface area contributed by atoms with Crippen LogP contribution in [-0.2, 0) is 6.61 Å². The van der Waals surface area contributed by atoms with Gasteiger partial charge in [0.15, 0.2) is 0 Å². The number of hydrogen-bond donors (Lipinski definition) is 1. The highest BCUT2D eigenvalue weighted by Gasteiger charge is 2.20. The van der Waals surface area contributed by atoms with Crippen LogP contribution in [0.3, 0.4) is 0 Å². The van der Waals surface area contributed by atoms with Crippen LogP contribution in [0.2, 0.25) is 0 Å². The zero-order chi connectivity index (χ0) is 12.7. The maximum Gasteiger partial charge on any atom is 0.134 e. The molecule has 0 spiro atoms. The molecule has 18 heavy (non-hydrogen) atoms. The molecule has 1 heterocycles. The molecule has 0 amide bonds. The number of nitrogens with two attached hydrogens (primary N) is 1. The van der Waals surface area contributed by atoms with Gasteiger partial charge in [0.25, 0.3) is 0 Å². The van der Waals surface area contributed by atoms with Gasteiger partial charge in [-0.15, -0.1) is 0 Å². The van der Waals surface area contributed by atoms with E-state index in [1.165, 1.54) is 16.7 Å². The lowest BCUT2D eigenvalue weighted by Crippen LogP contribution is -2.11. The van der Waals surface area contributed by atoms with E-state index in [2.05, 4.69) is 38.1 Å². The average Bonchev–Trinajstić information content (AvgIpc) is 2.33. The molecule has 0 radical (unpaired) electrons. The Kier molecular flexibility index (Phi) is 2.51. The summed E-state index contributed by atoms with van der Waals surface area (Å²) >= 11 is 0. The largest absolute Gasteiger partial charge is 0.488 e. The van der Waals surface area contributed by atoms with E-state index in [1.807, 2.05) is 12.1 Å². The Balaban J connectivity index is 2.05. The molecule has 0 fully saturated rings. The van der Waals surface area contributed by atoms with Gasteiger partial charge in [0.1, 0.15) is 12.4 Å². The summed E-state index contributed by atoms with van der Waals surface area (Å²) in [5.74, 6) is 1.54. The van der Waals surface area contributed by atoms with Crippen LogP contribution in [0.1, 0.15) is 30.9 Å². The summed E-state index contributed by atoms with van der Waals surface area (Å²) in [6.45, 7) is 5.08. The Hall–Kier alpha value is -1.96. The van der Waals surface area contributed by atoms with Gasteiger partial charge in [-0.25, -0.2) is 0 Å². The molecule has 0 bridgehead atoms. The van der Waals surface area contributed by atoms with E-state index in [-0.39, 0.29) is 0 Å². The minimum Gasteiger partial charge on any atom is -0.488 e. The van der Waals surface area contributed by atoms with E-state index >= 15 is 0 Å². The Bertz CT molecular complexity index is 585. The van der Waals surface area contributed by atoms with Gasteiger partial charge in [-0.2, -0.15) is 0 Å². The van der Waals surface area contributed by atoms with Gasteiger partial charge in [-0.1, -0.05) is 38.1 Å². The quantitative estimate of drug-likeness (QED) is 0.805. The molecule has 2 aromatic carbocycles. The molecule has 1 aliphatic rings. The molecule has 2 heteroatoms. The SMILES string of the molecule is CC(C)c1ccc(-c2cc(N)cc3c2OC3)cc1. The zero-order valence-electron chi connectivity index (χ0n) is 10.7. The van der Waals surface area contributed by atoms with Crippen molar-refractivity contribution >= 4 is 5.69 Å². The van der Waals surface area contributed by atoms with Gasteiger partial charge in [0.05, 0.1) is 0 Å².